The largest absolute Gasteiger partial charge is 0.490 e. The van der Waals surface area contributed by atoms with E-state index in [4.69, 9.17) is 10.5 Å². The zero-order chi connectivity index (χ0) is 22.6. The normalized spacial score (nSPS) is 12.2. The molecule has 5 heteroatoms. The topological polar surface area (TPSA) is 76.8 Å². The molecule has 1 atom stereocenters. The number of ether oxygens (including phenoxy) is 1. The molecule has 164 valence electrons. The van der Waals surface area contributed by atoms with Gasteiger partial charge in [-0.3, -0.25) is 10.1 Å². The summed E-state index contributed by atoms with van der Waals surface area (Å²) < 4.78 is 6.14. The van der Waals surface area contributed by atoms with E-state index in [0.29, 0.717) is 12.4 Å². The Kier molecular flexibility index (Phi) is 5.87. The third kappa shape index (κ3) is 4.49. The van der Waals surface area contributed by atoms with Crippen molar-refractivity contribution in [2.45, 2.75) is 18.9 Å². The lowest BCUT2D eigenvalue weighted by atomic mass is 9.86. The number of H-pyrrole nitrogens is 1. The van der Waals surface area contributed by atoms with Crippen molar-refractivity contribution in [2.24, 2.45) is 5.73 Å². The van der Waals surface area contributed by atoms with Crippen LogP contribution < -0.4 is 10.5 Å². The van der Waals surface area contributed by atoms with Crippen molar-refractivity contribution >= 4 is 10.9 Å². The number of hydrogen-bond donors (Lipinski definition) is 2. The minimum absolute atomic E-state index is 0.0371. The Hall–Kier alpha value is -3.96. The number of nitrogens with one attached hydrogen (secondary N) is 1. The van der Waals surface area contributed by atoms with Crippen molar-refractivity contribution in [1.82, 2.24) is 15.2 Å². The van der Waals surface area contributed by atoms with Crippen molar-refractivity contribution in [3.63, 3.8) is 0 Å². The predicted molar refractivity (Wildman–Crippen MR) is 132 cm³/mol. The van der Waals surface area contributed by atoms with Crippen LogP contribution in [0.5, 0.6) is 5.75 Å². The van der Waals surface area contributed by atoms with Crippen molar-refractivity contribution in [1.29, 1.82) is 0 Å². The zero-order valence-electron chi connectivity index (χ0n) is 18.5. The minimum Gasteiger partial charge on any atom is -0.490 e. The van der Waals surface area contributed by atoms with Gasteiger partial charge in [0, 0.05) is 34.8 Å². The molecule has 0 fully saturated rings. The summed E-state index contributed by atoms with van der Waals surface area (Å²) in [7, 11) is 0. The van der Waals surface area contributed by atoms with Gasteiger partial charge in [-0.05, 0) is 41.8 Å². The molecule has 33 heavy (non-hydrogen) atoms. The fourth-order valence-electron chi connectivity index (χ4n) is 4.27. The molecule has 0 aliphatic heterocycles. The van der Waals surface area contributed by atoms with Gasteiger partial charge in [-0.1, -0.05) is 66.7 Å². The van der Waals surface area contributed by atoms with E-state index < -0.39 is 0 Å². The van der Waals surface area contributed by atoms with Gasteiger partial charge in [0.2, 0.25) is 0 Å². The van der Waals surface area contributed by atoms with E-state index in [0.717, 1.165) is 27.7 Å². The highest BCUT2D eigenvalue weighted by molar-refractivity contribution is 5.86. The van der Waals surface area contributed by atoms with E-state index in [1.54, 1.807) is 6.20 Å². The molecule has 2 heterocycles. The van der Waals surface area contributed by atoms with Crippen LogP contribution in [0.3, 0.4) is 0 Å². The number of benzene rings is 3. The first-order valence-corrected chi connectivity index (χ1v) is 11.1. The molecule has 0 aliphatic carbocycles. The molecule has 0 unspecified atom stereocenters. The fraction of sp³-hybridized carbons (Fsp3) is 0.143. The molecule has 0 saturated heterocycles. The molecular formula is C28H26N4O. The Balaban J connectivity index is 1.36. The average molecular weight is 435 g/mol. The number of aryl methyl sites for hydroxylation is 1. The van der Waals surface area contributed by atoms with Gasteiger partial charge in [-0.15, -0.1) is 0 Å². The summed E-state index contributed by atoms with van der Waals surface area (Å²) in [6, 6.07) is 28.7. The van der Waals surface area contributed by atoms with E-state index >= 15 is 0 Å². The molecule has 0 spiro atoms. The summed E-state index contributed by atoms with van der Waals surface area (Å²) in [6.45, 7) is 2.40. The van der Waals surface area contributed by atoms with Crippen LogP contribution in [-0.2, 0) is 0 Å². The van der Waals surface area contributed by atoms with Crippen molar-refractivity contribution in [3.8, 4) is 16.9 Å². The lowest BCUT2D eigenvalue weighted by molar-refractivity contribution is 0.277. The number of hydrogen-bond acceptors (Lipinski definition) is 4. The van der Waals surface area contributed by atoms with Crippen molar-refractivity contribution < 1.29 is 4.74 Å². The lowest BCUT2D eigenvalue weighted by Crippen LogP contribution is -2.35. The highest BCUT2D eigenvalue weighted by Crippen LogP contribution is 2.29. The molecule has 5 aromatic rings. The quantitative estimate of drug-likeness (QED) is 0.356. The smallest absolute Gasteiger partial charge is 0.138 e. The number of aromatic nitrogens is 3. The second-order valence-electron chi connectivity index (χ2n) is 8.26. The Bertz CT molecular complexity index is 1310. The first kappa shape index (κ1) is 20.9. The number of nitrogens with zero attached hydrogens (tertiary/aromatic N) is 2. The maximum absolute atomic E-state index is 6.69. The highest BCUT2D eigenvalue weighted by atomic mass is 16.5. The molecule has 0 amide bonds. The number of nitrogens with two attached hydrogens (primary N) is 1. The van der Waals surface area contributed by atoms with E-state index in [1.165, 1.54) is 11.1 Å². The summed E-state index contributed by atoms with van der Waals surface area (Å²) in [5, 5.41) is 8.45. The van der Waals surface area contributed by atoms with Gasteiger partial charge in [0.05, 0.1) is 11.7 Å². The Labute approximate surface area is 193 Å². The van der Waals surface area contributed by atoms with Crippen LogP contribution >= 0.6 is 0 Å². The van der Waals surface area contributed by atoms with Gasteiger partial charge in [0.25, 0.3) is 0 Å². The minimum atomic E-state index is -0.219. The van der Waals surface area contributed by atoms with Gasteiger partial charge < -0.3 is 10.5 Å². The molecule has 5 nitrogen and oxygen atoms in total. The fourth-order valence-corrected chi connectivity index (χ4v) is 4.27. The van der Waals surface area contributed by atoms with Gasteiger partial charge in [0.15, 0.2) is 0 Å². The van der Waals surface area contributed by atoms with Crippen LogP contribution in [0.2, 0.25) is 0 Å². The van der Waals surface area contributed by atoms with Crippen LogP contribution in [0.1, 0.15) is 22.7 Å². The molecule has 0 bridgehead atoms. The third-order valence-electron chi connectivity index (χ3n) is 5.98. The van der Waals surface area contributed by atoms with Gasteiger partial charge in [-0.25, -0.2) is 0 Å². The van der Waals surface area contributed by atoms with Gasteiger partial charge >= 0.3 is 0 Å². The Morgan fingerprint density at radius 2 is 1.55 bits per heavy atom. The summed E-state index contributed by atoms with van der Waals surface area (Å²) >= 11 is 0. The van der Waals surface area contributed by atoms with Crippen LogP contribution in [-0.4, -0.2) is 27.8 Å². The summed E-state index contributed by atoms with van der Waals surface area (Å²) in [6.07, 6.45) is 3.58. The van der Waals surface area contributed by atoms with Crippen LogP contribution in [0.25, 0.3) is 22.0 Å². The molecule has 0 radical (unpaired) electrons. The zero-order valence-corrected chi connectivity index (χ0v) is 18.5. The predicted octanol–water partition coefficient (Wildman–Crippen LogP) is 5.47. The first-order valence-electron chi connectivity index (χ1n) is 11.1. The summed E-state index contributed by atoms with van der Waals surface area (Å²) in [5.74, 6) is 0.738. The number of pyridine rings is 1. The van der Waals surface area contributed by atoms with E-state index in [9.17, 15) is 0 Å². The molecule has 3 aromatic carbocycles. The maximum atomic E-state index is 6.69. The average Bonchev–Trinajstić information content (AvgIpc) is 3.24. The molecule has 5 rings (SSSR count). The number of rotatable bonds is 7. The second-order valence-corrected chi connectivity index (χ2v) is 8.26. The Morgan fingerprint density at radius 1 is 0.848 bits per heavy atom. The molecule has 0 saturated carbocycles. The van der Waals surface area contributed by atoms with Gasteiger partial charge in [0.1, 0.15) is 12.4 Å². The number of aromatic amines is 1. The van der Waals surface area contributed by atoms with Crippen molar-refractivity contribution in [3.05, 3.63) is 114 Å². The SMILES string of the molecule is Cc1[nH]nc2ccc(-c3cncc(OC[C@@H](N)C(c4ccccc4)c4ccccc4)c3)cc12. The standard InChI is InChI=1S/C28H26N4O/c1-19-25-15-22(12-13-27(25)32-31-19)23-14-24(17-30-16-23)33-18-26(29)28(20-8-4-2-5-9-20)21-10-6-3-7-11-21/h2-17,26,28H,18,29H2,1H3,(H,31,32)/t26-/m1/s1. The molecular weight excluding hydrogens is 408 g/mol. The maximum Gasteiger partial charge on any atom is 0.138 e. The van der Waals surface area contributed by atoms with Crippen LogP contribution in [0.15, 0.2) is 97.3 Å². The number of fused-ring (bicyclic) bond motifs is 1. The Morgan fingerprint density at radius 3 is 2.24 bits per heavy atom. The summed E-state index contributed by atoms with van der Waals surface area (Å²) in [5.41, 5.74) is 13.1. The van der Waals surface area contributed by atoms with E-state index in [-0.39, 0.29) is 12.0 Å². The first-order chi connectivity index (χ1) is 16.2. The molecule has 2 aromatic heterocycles. The summed E-state index contributed by atoms with van der Waals surface area (Å²) in [4.78, 5) is 4.40. The van der Waals surface area contributed by atoms with Crippen molar-refractivity contribution in [2.75, 3.05) is 6.61 Å². The second kappa shape index (κ2) is 9.27. The van der Waals surface area contributed by atoms with Crippen LogP contribution in [0.4, 0.5) is 0 Å². The monoisotopic (exact) mass is 434 g/mol. The molecule has 3 N–H and O–H groups in total. The van der Waals surface area contributed by atoms with Gasteiger partial charge in [-0.2, -0.15) is 5.10 Å². The lowest BCUT2D eigenvalue weighted by Gasteiger charge is -2.25. The van der Waals surface area contributed by atoms with E-state index in [1.807, 2.05) is 61.7 Å². The third-order valence-corrected chi connectivity index (χ3v) is 5.98. The van der Waals surface area contributed by atoms with Crippen LogP contribution in [0, 0.1) is 6.92 Å². The molecule has 0 aliphatic rings. The highest BCUT2D eigenvalue weighted by Gasteiger charge is 2.22. The van der Waals surface area contributed by atoms with E-state index in [2.05, 4.69) is 51.6 Å².